The molecule has 0 aliphatic rings. The standard InChI is InChI=1S/C18H17ClN4O3S/c1-11-12(2)23(10-21-11)15-6-4-14(5-7-15)22-18(24)13-3-8-17(16(19)9-13)27(20,25)26/h3-10H,1-2H3,(H,22,24)(H2,20,25,26). The Morgan fingerprint density at radius 2 is 1.81 bits per heavy atom. The minimum atomic E-state index is -3.94. The van der Waals surface area contributed by atoms with Gasteiger partial charge in [-0.1, -0.05) is 11.6 Å². The predicted molar refractivity (Wildman–Crippen MR) is 104 cm³/mol. The fourth-order valence-electron chi connectivity index (χ4n) is 2.54. The van der Waals surface area contributed by atoms with Gasteiger partial charge in [0.2, 0.25) is 10.0 Å². The van der Waals surface area contributed by atoms with Gasteiger partial charge < -0.3 is 9.88 Å². The Bertz CT molecular complexity index is 1120. The van der Waals surface area contributed by atoms with E-state index in [1.54, 1.807) is 18.5 Å². The molecule has 0 radical (unpaired) electrons. The number of aromatic nitrogens is 2. The molecule has 0 unspecified atom stereocenters. The summed E-state index contributed by atoms with van der Waals surface area (Å²) in [5.41, 5.74) is 3.72. The van der Waals surface area contributed by atoms with E-state index < -0.39 is 15.9 Å². The minimum absolute atomic E-state index is 0.105. The van der Waals surface area contributed by atoms with Crippen molar-refractivity contribution in [1.29, 1.82) is 0 Å². The molecule has 1 aromatic heterocycles. The van der Waals surface area contributed by atoms with Crippen LogP contribution in [0.5, 0.6) is 0 Å². The SMILES string of the molecule is Cc1ncn(-c2ccc(NC(=O)c3ccc(S(N)(=O)=O)c(Cl)c3)cc2)c1C. The first kappa shape index (κ1) is 19.1. The molecule has 7 nitrogen and oxygen atoms in total. The van der Waals surface area contributed by atoms with Crippen LogP contribution in [0, 0.1) is 13.8 Å². The number of primary sulfonamides is 1. The van der Waals surface area contributed by atoms with Crippen molar-refractivity contribution in [2.75, 3.05) is 5.32 Å². The van der Waals surface area contributed by atoms with Crippen LogP contribution in [0.4, 0.5) is 5.69 Å². The van der Waals surface area contributed by atoms with Crippen molar-refractivity contribution in [2.45, 2.75) is 18.7 Å². The number of amides is 1. The number of halogens is 1. The monoisotopic (exact) mass is 404 g/mol. The second-order valence-electron chi connectivity index (χ2n) is 5.98. The Morgan fingerprint density at radius 1 is 1.15 bits per heavy atom. The molecular weight excluding hydrogens is 388 g/mol. The summed E-state index contributed by atoms with van der Waals surface area (Å²) in [7, 11) is -3.94. The molecular formula is C18H17ClN4O3S. The highest BCUT2D eigenvalue weighted by Crippen LogP contribution is 2.22. The van der Waals surface area contributed by atoms with Gasteiger partial charge in [0, 0.05) is 22.6 Å². The molecule has 3 rings (SSSR count). The van der Waals surface area contributed by atoms with Gasteiger partial charge in [-0.3, -0.25) is 4.79 Å². The topological polar surface area (TPSA) is 107 Å². The average molecular weight is 405 g/mol. The Kier molecular flexibility index (Phi) is 5.05. The van der Waals surface area contributed by atoms with E-state index in [2.05, 4.69) is 10.3 Å². The lowest BCUT2D eigenvalue weighted by molar-refractivity contribution is 0.102. The van der Waals surface area contributed by atoms with Crippen molar-refractivity contribution in [3.63, 3.8) is 0 Å². The molecule has 9 heteroatoms. The van der Waals surface area contributed by atoms with Crippen molar-refractivity contribution in [1.82, 2.24) is 9.55 Å². The molecule has 0 spiro atoms. The number of nitrogens with zero attached hydrogens (tertiary/aromatic N) is 2. The van der Waals surface area contributed by atoms with Gasteiger partial charge in [0.05, 0.1) is 17.0 Å². The van der Waals surface area contributed by atoms with Crippen molar-refractivity contribution >= 4 is 33.2 Å². The number of sulfonamides is 1. The normalized spacial score (nSPS) is 11.4. The van der Waals surface area contributed by atoms with Crippen LogP contribution in [0.15, 0.2) is 53.7 Å². The van der Waals surface area contributed by atoms with E-state index in [4.69, 9.17) is 16.7 Å². The summed E-state index contributed by atoms with van der Waals surface area (Å²) in [6.45, 7) is 3.92. The summed E-state index contributed by atoms with van der Waals surface area (Å²) in [5.74, 6) is -0.416. The largest absolute Gasteiger partial charge is 0.322 e. The maximum Gasteiger partial charge on any atom is 0.255 e. The smallest absolute Gasteiger partial charge is 0.255 e. The number of nitrogens with one attached hydrogen (secondary N) is 1. The highest BCUT2D eigenvalue weighted by molar-refractivity contribution is 7.89. The summed E-state index contributed by atoms with van der Waals surface area (Å²) in [4.78, 5) is 16.4. The third-order valence-electron chi connectivity index (χ3n) is 4.16. The first-order chi connectivity index (χ1) is 12.7. The summed E-state index contributed by atoms with van der Waals surface area (Å²) in [6, 6.07) is 11.1. The number of aryl methyl sites for hydroxylation is 1. The summed E-state index contributed by atoms with van der Waals surface area (Å²) >= 11 is 5.92. The molecule has 1 amide bonds. The van der Waals surface area contributed by atoms with Crippen molar-refractivity contribution in [3.8, 4) is 5.69 Å². The molecule has 0 atom stereocenters. The van der Waals surface area contributed by atoms with Gasteiger partial charge in [-0.15, -0.1) is 0 Å². The molecule has 3 N–H and O–H groups in total. The van der Waals surface area contributed by atoms with Crippen molar-refractivity contribution in [3.05, 3.63) is 70.8 Å². The zero-order valence-electron chi connectivity index (χ0n) is 14.6. The van der Waals surface area contributed by atoms with Gasteiger partial charge in [-0.05, 0) is 56.3 Å². The number of hydrogen-bond acceptors (Lipinski definition) is 4. The van der Waals surface area contributed by atoms with Gasteiger partial charge in [0.15, 0.2) is 0 Å². The van der Waals surface area contributed by atoms with Gasteiger partial charge >= 0.3 is 0 Å². The number of anilines is 1. The number of nitrogens with two attached hydrogens (primary N) is 1. The van der Waals surface area contributed by atoms with E-state index in [1.165, 1.54) is 18.2 Å². The number of hydrogen-bond donors (Lipinski definition) is 2. The lowest BCUT2D eigenvalue weighted by Crippen LogP contribution is -2.15. The number of rotatable bonds is 4. The third-order valence-corrected chi connectivity index (χ3v) is 5.55. The van der Waals surface area contributed by atoms with Crippen LogP contribution >= 0.6 is 11.6 Å². The molecule has 0 saturated heterocycles. The Hall–Kier alpha value is -2.68. The fourth-order valence-corrected chi connectivity index (χ4v) is 3.63. The second kappa shape index (κ2) is 7.15. The highest BCUT2D eigenvalue weighted by Gasteiger charge is 2.15. The molecule has 27 heavy (non-hydrogen) atoms. The number of carbonyl (C=O) groups is 1. The van der Waals surface area contributed by atoms with E-state index in [0.29, 0.717) is 5.69 Å². The third kappa shape index (κ3) is 4.02. The zero-order chi connectivity index (χ0) is 19.8. The van der Waals surface area contributed by atoms with E-state index in [0.717, 1.165) is 17.1 Å². The Morgan fingerprint density at radius 3 is 2.33 bits per heavy atom. The number of carbonyl (C=O) groups excluding carboxylic acids is 1. The number of benzene rings is 2. The molecule has 140 valence electrons. The first-order valence-corrected chi connectivity index (χ1v) is 9.84. The number of imidazole rings is 1. The lowest BCUT2D eigenvalue weighted by Gasteiger charge is -2.09. The van der Waals surface area contributed by atoms with E-state index >= 15 is 0 Å². The molecule has 0 fully saturated rings. The maximum atomic E-state index is 12.4. The predicted octanol–water partition coefficient (Wildman–Crippen LogP) is 3.04. The van der Waals surface area contributed by atoms with E-state index in [9.17, 15) is 13.2 Å². The van der Waals surface area contributed by atoms with Crippen LogP contribution < -0.4 is 10.5 Å². The van der Waals surface area contributed by atoms with Crippen molar-refractivity contribution < 1.29 is 13.2 Å². The molecule has 2 aromatic carbocycles. The van der Waals surface area contributed by atoms with Gasteiger partial charge in [0.25, 0.3) is 5.91 Å². The average Bonchev–Trinajstić information content (AvgIpc) is 2.93. The molecule has 0 aliphatic carbocycles. The van der Waals surface area contributed by atoms with Crippen LogP contribution in [0.25, 0.3) is 5.69 Å². The van der Waals surface area contributed by atoms with Crippen LogP contribution in [0.1, 0.15) is 21.7 Å². The first-order valence-electron chi connectivity index (χ1n) is 7.91. The van der Waals surface area contributed by atoms with Crippen molar-refractivity contribution in [2.24, 2.45) is 5.14 Å². The summed E-state index contributed by atoms with van der Waals surface area (Å²) < 4.78 is 24.7. The molecule has 3 aromatic rings. The lowest BCUT2D eigenvalue weighted by atomic mass is 10.2. The van der Waals surface area contributed by atoms with Gasteiger partial charge in [0.1, 0.15) is 4.90 Å². The van der Waals surface area contributed by atoms with Gasteiger partial charge in [-0.25, -0.2) is 18.5 Å². The van der Waals surface area contributed by atoms with Gasteiger partial charge in [-0.2, -0.15) is 0 Å². The molecule has 0 bridgehead atoms. The fraction of sp³-hybridized carbons (Fsp3) is 0.111. The Balaban J connectivity index is 1.78. The summed E-state index contributed by atoms with van der Waals surface area (Å²) in [6.07, 6.45) is 1.74. The van der Waals surface area contributed by atoms with E-state index in [1.807, 2.05) is 30.5 Å². The van der Waals surface area contributed by atoms with E-state index in [-0.39, 0.29) is 15.5 Å². The molecule has 0 saturated carbocycles. The second-order valence-corrected chi connectivity index (χ2v) is 7.91. The highest BCUT2D eigenvalue weighted by atomic mass is 35.5. The molecule has 0 aliphatic heterocycles. The minimum Gasteiger partial charge on any atom is -0.322 e. The van der Waals surface area contributed by atoms with Crippen LogP contribution in [-0.2, 0) is 10.0 Å². The maximum absolute atomic E-state index is 12.4. The molecule has 1 heterocycles. The quantitative estimate of drug-likeness (QED) is 0.696. The Labute approximate surface area is 161 Å². The van der Waals surface area contributed by atoms with Crippen LogP contribution in [0.3, 0.4) is 0 Å². The van der Waals surface area contributed by atoms with Crippen LogP contribution in [0.2, 0.25) is 5.02 Å². The summed E-state index contributed by atoms with van der Waals surface area (Å²) in [5, 5.41) is 7.70. The zero-order valence-corrected chi connectivity index (χ0v) is 16.2. The van der Waals surface area contributed by atoms with Crippen LogP contribution in [-0.4, -0.2) is 23.9 Å².